The highest BCUT2D eigenvalue weighted by molar-refractivity contribution is 5.83. The lowest BCUT2D eigenvalue weighted by Crippen LogP contribution is -2.55. The molecule has 4 heteroatoms. The van der Waals surface area contributed by atoms with Crippen molar-refractivity contribution in [1.29, 1.82) is 0 Å². The van der Waals surface area contributed by atoms with Crippen LogP contribution in [0.2, 0.25) is 0 Å². The zero-order valence-electron chi connectivity index (χ0n) is 11.8. The summed E-state index contributed by atoms with van der Waals surface area (Å²) in [5.74, 6) is 0.325. The van der Waals surface area contributed by atoms with Crippen LogP contribution in [0.25, 0.3) is 0 Å². The molecule has 1 aliphatic carbocycles. The van der Waals surface area contributed by atoms with Crippen LogP contribution in [0, 0.1) is 5.41 Å². The van der Waals surface area contributed by atoms with Gasteiger partial charge in [-0.2, -0.15) is 0 Å². The third kappa shape index (κ3) is 2.54. The molecule has 0 radical (unpaired) electrons. The van der Waals surface area contributed by atoms with Crippen LogP contribution in [0.4, 0.5) is 0 Å². The first-order chi connectivity index (χ1) is 8.59. The fraction of sp³-hybridized carbons (Fsp3) is 0.929. The van der Waals surface area contributed by atoms with Crippen LogP contribution in [0.3, 0.4) is 0 Å². The van der Waals surface area contributed by atoms with Gasteiger partial charge in [-0.05, 0) is 26.7 Å². The van der Waals surface area contributed by atoms with Crippen molar-refractivity contribution in [2.75, 3.05) is 32.7 Å². The van der Waals surface area contributed by atoms with Crippen molar-refractivity contribution in [3.8, 4) is 0 Å². The Morgan fingerprint density at radius 2 is 1.72 bits per heavy atom. The minimum Gasteiger partial charge on any atom is -0.340 e. The number of carbonyl (C=O) groups is 1. The van der Waals surface area contributed by atoms with Gasteiger partial charge in [0.25, 0.3) is 0 Å². The lowest BCUT2D eigenvalue weighted by Gasteiger charge is -2.40. The Morgan fingerprint density at radius 3 is 2.17 bits per heavy atom. The SMILES string of the molecule is CC(C)N1CCN(C(=O)C2(CN)CCCC2)CC1. The molecule has 2 fully saturated rings. The van der Waals surface area contributed by atoms with Gasteiger partial charge in [-0.15, -0.1) is 0 Å². The Labute approximate surface area is 110 Å². The van der Waals surface area contributed by atoms with Gasteiger partial charge in [-0.1, -0.05) is 12.8 Å². The molecule has 1 aliphatic heterocycles. The second kappa shape index (κ2) is 5.57. The molecule has 1 heterocycles. The second-order valence-corrected chi connectivity index (χ2v) is 6.11. The van der Waals surface area contributed by atoms with Crippen molar-refractivity contribution in [2.45, 2.75) is 45.6 Å². The number of nitrogens with zero attached hydrogens (tertiary/aromatic N) is 2. The van der Waals surface area contributed by atoms with Crippen LogP contribution in [0.15, 0.2) is 0 Å². The molecular formula is C14H27N3O. The summed E-state index contributed by atoms with van der Waals surface area (Å²) in [6, 6.07) is 0.581. The molecule has 1 saturated carbocycles. The van der Waals surface area contributed by atoms with Crippen LogP contribution in [0.1, 0.15) is 39.5 Å². The summed E-state index contributed by atoms with van der Waals surface area (Å²) >= 11 is 0. The Bertz CT molecular complexity index is 289. The number of hydrogen-bond donors (Lipinski definition) is 1. The fourth-order valence-corrected chi connectivity index (χ4v) is 3.33. The highest BCUT2D eigenvalue weighted by Crippen LogP contribution is 2.39. The van der Waals surface area contributed by atoms with Gasteiger partial charge in [-0.3, -0.25) is 9.69 Å². The minimum atomic E-state index is -0.222. The van der Waals surface area contributed by atoms with Gasteiger partial charge in [-0.25, -0.2) is 0 Å². The highest BCUT2D eigenvalue weighted by atomic mass is 16.2. The summed E-state index contributed by atoms with van der Waals surface area (Å²) in [6.45, 7) is 8.72. The molecule has 0 bridgehead atoms. The molecule has 1 saturated heterocycles. The molecule has 2 rings (SSSR count). The van der Waals surface area contributed by atoms with Crippen LogP contribution < -0.4 is 5.73 Å². The molecular weight excluding hydrogens is 226 g/mol. The molecule has 0 unspecified atom stereocenters. The molecule has 4 nitrogen and oxygen atoms in total. The molecule has 18 heavy (non-hydrogen) atoms. The van der Waals surface area contributed by atoms with Gasteiger partial charge in [0, 0.05) is 38.8 Å². The van der Waals surface area contributed by atoms with Crippen LogP contribution in [-0.4, -0.2) is 54.5 Å². The molecule has 104 valence electrons. The number of piperazine rings is 1. The Hall–Kier alpha value is -0.610. The third-order valence-electron chi connectivity index (χ3n) is 4.74. The number of nitrogens with two attached hydrogens (primary N) is 1. The van der Waals surface area contributed by atoms with Gasteiger partial charge in [0.2, 0.25) is 5.91 Å². The molecule has 2 N–H and O–H groups in total. The summed E-state index contributed by atoms with van der Waals surface area (Å²) in [4.78, 5) is 17.1. The minimum absolute atomic E-state index is 0.222. The van der Waals surface area contributed by atoms with Gasteiger partial charge < -0.3 is 10.6 Å². The molecule has 0 aromatic rings. The molecule has 0 atom stereocenters. The van der Waals surface area contributed by atoms with Gasteiger partial charge in [0.05, 0.1) is 5.41 Å². The first-order valence-electron chi connectivity index (χ1n) is 7.32. The van der Waals surface area contributed by atoms with Crippen molar-refractivity contribution in [1.82, 2.24) is 9.80 Å². The predicted molar refractivity (Wildman–Crippen MR) is 73.2 cm³/mol. The zero-order chi connectivity index (χ0) is 13.2. The summed E-state index contributed by atoms with van der Waals surface area (Å²) in [5.41, 5.74) is 5.67. The summed E-state index contributed by atoms with van der Waals surface area (Å²) in [7, 11) is 0. The molecule has 0 spiro atoms. The first kappa shape index (κ1) is 13.8. The molecule has 2 aliphatic rings. The summed E-state index contributed by atoms with van der Waals surface area (Å²) in [6.07, 6.45) is 4.31. The lowest BCUT2D eigenvalue weighted by atomic mass is 9.84. The molecule has 0 aromatic heterocycles. The van der Waals surface area contributed by atoms with E-state index in [2.05, 4.69) is 23.6 Å². The average molecular weight is 253 g/mol. The van der Waals surface area contributed by atoms with E-state index in [0.29, 0.717) is 18.5 Å². The Morgan fingerprint density at radius 1 is 1.17 bits per heavy atom. The average Bonchev–Trinajstić information content (AvgIpc) is 2.88. The van der Waals surface area contributed by atoms with Crippen molar-refractivity contribution in [2.24, 2.45) is 11.1 Å². The van der Waals surface area contributed by atoms with E-state index < -0.39 is 0 Å². The number of carbonyl (C=O) groups excluding carboxylic acids is 1. The van der Waals surface area contributed by atoms with Crippen molar-refractivity contribution < 1.29 is 4.79 Å². The van der Waals surface area contributed by atoms with Crippen LogP contribution >= 0.6 is 0 Å². The summed E-state index contributed by atoms with van der Waals surface area (Å²) in [5, 5.41) is 0. The van der Waals surface area contributed by atoms with E-state index in [1.807, 2.05) is 0 Å². The monoisotopic (exact) mass is 253 g/mol. The van der Waals surface area contributed by atoms with E-state index in [-0.39, 0.29) is 5.41 Å². The topological polar surface area (TPSA) is 49.6 Å². The quantitative estimate of drug-likeness (QED) is 0.818. The maximum Gasteiger partial charge on any atom is 0.230 e. The van der Waals surface area contributed by atoms with Gasteiger partial charge >= 0.3 is 0 Å². The van der Waals surface area contributed by atoms with E-state index >= 15 is 0 Å². The van der Waals surface area contributed by atoms with E-state index in [1.54, 1.807) is 0 Å². The second-order valence-electron chi connectivity index (χ2n) is 6.11. The Kier molecular flexibility index (Phi) is 4.28. The zero-order valence-corrected chi connectivity index (χ0v) is 11.8. The van der Waals surface area contributed by atoms with Crippen LogP contribution in [0.5, 0.6) is 0 Å². The van der Waals surface area contributed by atoms with Gasteiger partial charge in [0.15, 0.2) is 0 Å². The number of hydrogen-bond acceptors (Lipinski definition) is 3. The maximum atomic E-state index is 12.7. The normalized spacial score (nSPS) is 24.8. The van der Waals surface area contributed by atoms with E-state index in [0.717, 1.165) is 51.9 Å². The first-order valence-corrected chi connectivity index (χ1v) is 7.32. The predicted octanol–water partition coefficient (Wildman–Crippen LogP) is 1.06. The Balaban J connectivity index is 1.94. The highest BCUT2D eigenvalue weighted by Gasteiger charge is 2.42. The largest absolute Gasteiger partial charge is 0.340 e. The number of rotatable bonds is 3. The number of amides is 1. The van der Waals surface area contributed by atoms with E-state index in [4.69, 9.17) is 5.73 Å². The fourth-order valence-electron chi connectivity index (χ4n) is 3.33. The molecule has 1 amide bonds. The van der Waals surface area contributed by atoms with Crippen molar-refractivity contribution in [3.63, 3.8) is 0 Å². The third-order valence-corrected chi connectivity index (χ3v) is 4.74. The smallest absolute Gasteiger partial charge is 0.230 e. The summed E-state index contributed by atoms with van der Waals surface area (Å²) < 4.78 is 0. The van der Waals surface area contributed by atoms with E-state index in [1.165, 1.54) is 0 Å². The standard InChI is InChI=1S/C14H27N3O/c1-12(2)16-7-9-17(10-8-16)13(18)14(11-15)5-3-4-6-14/h12H,3-11,15H2,1-2H3. The maximum absolute atomic E-state index is 12.7. The molecule has 0 aromatic carbocycles. The van der Waals surface area contributed by atoms with Gasteiger partial charge in [0.1, 0.15) is 0 Å². The van der Waals surface area contributed by atoms with Crippen molar-refractivity contribution in [3.05, 3.63) is 0 Å². The van der Waals surface area contributed by atoms with Crippen molar-refractivity contribution >= 4 is 5.91 Å². The van der Waals surface area contributed by atoms with E-state index in [9.17, 15) is 4.79 Å². The van der Waals surface area contributed by atoms with Crippen LogP contribution in [-0.2, 0) is 4.79 Å². The lowest BCUT2D eigenvalue weighted by molar-refractivity contribution is -0.143.